The molecule has 8 nitrogen and oxygen atoms in total. The Labute approximate surface area is 154 Å². The van der Waals surface area contributed by atoms with E-state index in [0.29, 0.717) is 5.06 Å². The van der Waals surface area contributed by atoms with Gasteiger partial charge in [0.1, 0.15) is 0 Å². The Morgan fingerprint density at radius 1 is 1.00 bits per heavy atom. The molecule has 2 aromatic carbocycles. The van der Waals surface area contributed by atoms with Gasteiger partial charge in [-0.15, -0.1) is 0 Å². The number of hydrogen-bond donors (Lipinski definition) is 1. The maximum atomic E-state index is 12.4. The zero-order chi connectivity index (χ0) is 19.2. The Balaban J connectivity index is 1.55. The van der Waals surface area contributed by atoms with Gasteiger partial charge in [-0.05, 0) is 43.2 Å². The van der Waals surface area contributed by atoms with Gasteiger partial charge in [0.15, 0.2) is 0 Å². The molecule has 1 aliphatic heterocycles. The lowest BCUT2D eigenvalue weighted by molar-refractivity contribution is -0.0584. The smallest absolute Gasteiger partial charge is 0.324 e. The van der Waals surface area contributed by atoms with Crippen molar-refractivity contribution in [2.45, 2.75) is 23.8 Å². The topological polar surface area (TPSA) is 110 Å². The molecule has 1 heterocycles. The van der Waals surface area contributed by atoms with Gasteiger partial charge in [-0.3, -0.25) is 9.59 Å². The molecule has 1 saturated carbocycles. The Bertz CT molecular complexity index is 1040. The molecule has 2 amide bonds. The fourth-order valence-electron chi connectivity index (χ4n) is 2.66. The van der Waals surface area contributed by atoms with Crippen LogP contribution >= 0.6 is 0 Å². The predicted molar refractivity (Wildman–Crippen MR) is 92.1 cm³/mol. The van der Waals surface area contributed by atoms with E-state index in [1.165, 1.54) is 30.3 Å². The van der Waals surface area contributed by atoms with Gasteiger partial charge in [0.25, 0.3) is 11.8 Å². The molecular formula is C18H14N2O6S. The molecule has 138 valence electrons. The number of sulfonamides is 1. The Kier molecular flexibility index (Phi) is 4.05. The zero-order valence-electron chi connectivity index (χ0n) is 13.9. The van der Waals surface area contributed by atoms with Crippen LogP contribution in [0.5, 0.6) is 0 Å². The van der Waals surface area contributed by atoms with Crippen LogP contribution in [-0.2, 0) is 14.9 Å². The number of amides is 2. The number of nitrogens with one attached hydrogen (secondary N) is 1. The van der Waals surface area contributed by atoms with E-state index in [1.54, 1.807) is 12.1 Å². The number of fused-ring (bicyclic) bond motifs is 1. The molecule has 0 aromatic heterocycles. The SMILES string of the molecule is O=C(ON1C(=O)c2ccccc2C1=O)c1cccc(S(=O)(=O)NC2CC2)c1. The number of nitrogens with zero attached hydrogens (tertiary/aromatic N) is 1. The van der Waals surface area contributed by atoms with E-state index < -0.39 is 27.8 Å². The third kappa shape index (κ3) is 3.22. The second-order valence-corrected chi connectivity index (χ2v) is 7.97. The fraction of sp³-hybridized carbons (Fsp3) is 0.167. The molecule has 2 aliphatic rings. The molecule has 0 unspecified atom stereocenters. The summed E-state index contributed by atoms with van der Waals surface area (Å²) in [5.74, 6) is -2.50. The third-order valence-electron chi connectivity index (χ3n) is 4.21. The highest BCUT2D eigenvalue weighted by Crippen LogP contribution is 2.25. The van der Waals surface area contributed by atoms with Crippen LogP contribution in [0.2, 0.25) is 0 Å². The average Bonchev–Trinajstić information content (AvgIpc) is 3.44. The van der Waals surface area contributed by atoms with E-state index in [0.717, 1.165) is 18.9 Å². The summed E-state index contributed by atoms with van der Waals surface area (Å²) in [6.45, 7) is 0. The molecule has 0 radical (unpaired) electrons. The first-order chi connectivity index (χ1) is 12.9. The summed E-state index contributed by atoms with van der Waals surface area (Å²) in [4.78, 5) is 41.7. The van der Waals surface area contributed by atoms with E-state index in [-0.39, 0.29) is 27.6 Å². The van der Waals surface area contributed by atoms with E-state index in [1.807, 2.05) is 0 Å². The van der Waals surface area contributed by atoms with Crippen molar-refractivity contribution in [3.63, 3.8) is 0 Å². The number of carbonyl (C=O) groups is 3. The standard InChI is InChI=1S/C18H14N2O6S/c21-16-14-6-1-2-7-15(14)17(22)20(16)26-18(23)11-4-3-5-13(10-11)27(24,25)19-12-8-9-12/h1-7,10,12,19H,8-9H2. The highest BCUT2D eigenvalue weighted by molar-refractivity contribution is 7.89. The van der Waals surface area contributed by atoms with E-state index in [4.69, 9.17) is 4.84 Å². The molecule has 0 spiro atoms. The Morgan fingerprint density at radius 3 is 2.22 bits per heavy atom. The minimum Gasteiger partial charge on any atom is -0.324 e. The summed E-state index contributed by atoms with van der Waals surface area (Å²) < 4.78 is 27.1. The highest BCUT2D eigenvalue weighted by atomic mass is 32.2. The van der Waals surface area contributed by atoms with Gasteiger partial charge in [0.2, 0.25) is 10.0 Å². The van der Waals surface area contributed by atoms with Crippen molar-refractivity contribution in [3.05, 3.63) is 65.2 Å². The van der Waals surface area contributed by atoms with Gasteiger partial charge in [-0.2, -0.15) is 0 Å². The van der Waals surface area contributed by atoms with Gasteiger partial charge in [-0.1, -0.05) is 23.3 Å². The van der Waals surface area contributed by atoms with Crippen LogP contribution in [0, 0.1) is 0 Å². The van der Waals surface area contributed by atoms with Crippen LogP contribution < -0.4 is 4.72 Å². The van der Waals surface area contributed by atoms with E-state index in [2.05, 4.69) is 4.72 Å². The molecule has 0 saturated heterocycles. The van der Waals surface area contributed by atoms with Crippen molar-refractivity contribution in [1.29, 1.82) is 0 Å². The van der Waals surface area contributed by atoms with Gasteiger partial charge in [0, 0.05) is 6.04 Å². The Morgan fingerprint density at radius 2 is 1.63 bits per heavy atom. The molecule has 0 bridgehead atoms. The molecule has 27 heavy (non-hydrogen) atoms. The minimum absolute atomic E-state index is 0.0797. The number of benzene rings is 2. The van der Waals surface area contributed by atoms with Crippen LogP contribution in [0.3, 0.4) is 0 Å². The maximum Gasteiger partial charge on any atom is 0.363 e. The Hall–Kier alpha value is -3.04. The molecule has 9 heteroatoms. The van der Waals surface area contributed by atoms with E-state index in [9.17, 15) is 22.8 Å². The number of hydroxylamine groups is 2. The van der Waals surface area contributed by atoms with Crippen LogP contribution in [0.15, 0.2) is 53.4 Å². The highest BCUT2D eigenvalue weighted by Gasteiger charge is 2.39. The second-order valence-electron chi connectivity index (χ2n) is 6.25. The summed E-state index contributed by atoms with van der Waals surface area (Å²) in [5, 5.41) is 0.386. The van der Waals surface area contributed by atoms with Crippen molar-refractivity contribution < 1.29 is 27.6 Å². The lowest BCUT2D eigenvalue weighted by Gasteiger charge is -2.13. The van der Waals surface area contributed by atoms with Gasteiger partial charge in [0.05, 0.1) is 21.6 Å². The van der Waals surface area contributed by atoms with Gasteiger partial charge in [-0.25, -0.2) is 17.9 Å². The monoisotopic (exact) mass is 386 g/mol. The zero-order valence-corrected chi connectivity index (χ0v) is 14.7. The summed E-state index contributed by atoms with van der Waals surface area (Å²) in [6.07, 6.45) is 1.56. The summed E-state index contributed by atoms with van der Waals surface area (Å²) in [6, 6.07) is 11.3. The van der Waals surface area contributed by atoms with Crippen LogP contribution in [0.4, 0.5) is 0 Å². The largest absolute Gasteiger partial charge is 0.363 e. The molecule has 2 aromatic rings. The minimum atomic E-state index is -3.75. The quantitative estimate of drug-likeness (QED) is 0.780. The first-order valence-electron chi connectivity index (χ1n) is 8.19. The molecule has 1 aliphatic carbocycles. The number of carbonyl (C=O) groups excluding carboxylic acids is 3. The van der Waals surface area contributed by atoms with Crippen LogP contribution in [0.1, 0.15) is 43.9 Å². The van der Waals surface area contributed by atoms with Gasteiger partial charge < -0.3 is 4.84 Å². The lowest BCUT2D eigenvalue weighted by atomic mass is 10.1. The van der Waals surface area contributed by atoms with Crippen molar-refractivity contribution in [2.24, 2.45) is 0 Å². The van der Waals surface area contributed by atoms with Crippen molar-refractivity contribution in [2.75, 3.05) is 0 Å². The molecule has 1 N–H and O–H groups in total. The van der Waals surface area contributed by atoms with Gasteiger partial charge >= 0.3 is 5.97 Å². The van der Waals surface area contributed by atoms with Crippen molar-refractivity contribution in [3.8, 4) is 0 Å². The molecule has 1 fully saturated rings. The predicted octanol–water partition coefficient (Wildman–Crippen LogP) is 1.50. The molecule has 4 rings (SSSR count). The maximum absolute atomic E-state index is 12.4. The fourth-order valence-corrected chi connectivity index (χ4v) is 4.01. The summed E-state index contributed by atoms with van der Waals surface area (Å²) in [7, 11) is -3.75. The number of hydrogen-bond acceptors (Lipinski definition) is 6. The van der Waals surface area contributed by atoms with E-state index >= 15 is 0 Å². The number of rotatable bonds is 5. The van der Waals surface area contributed by atoms with Crippen molar-refractivity contribution >= 4 is 27.8 Å². The van der Waals surface area contributed by atoms with Crippen LogP contribution in [-0.4, -0.2) is 37.3 Å². The number of imide groups is 1. The average molecular weight is 386 g/mol. The normalized spacial score (nSPS) is 16.4. The first kappa shape index (κ1) is 17.4. The molecular weight excluding hydrogens is 372 g/mol. The third-order valence-corrected chi connectivity index (χ3v) is 5.73. The lowest BCUT2D eigenvalue weighted by Crippen LogP contribution is -2.32. The summed E-state index contributed by atoms with van der Waals surface area (Å²) in [5.41, 5.74) is 0.186. The second kappa shape index (κ2) is 6.29. The molecule has 0 atom stereocenters. The van der Waals surface area contributed by atoms with Crippen molar-refractivity contribution in [1.82, 2.24) is 9.79 Å². The summed E-state index contributed by atoms with van der Waals surface area (Å²) >= 11 is 0. The van der Waals surface area contributed by atoms with Crippen LogP contribution in [0.25, 0.3) is 0 Å². The first-order valence-corrected chi connectivity index (χ1v) is 9.67.